The van der Waals surface area contributed by atoms with Gasteiger partial charge in [0.2, 0.25) is 29.5 Å². The van der Waals surface area contributed by atoms with Crippen LogP contribution in [-0.4, -0.2) is 310 Å². The largest absolute Gasteiger partial charge is 0.477 e. The van der Waals surface area contributed by atoms with E-state index in [4.69, 9.17) is 28.5 Å². The van der Waals surface area contributed by atoms with E-state index in [9.17, 15) is 84.6 Å². The van der Waals surface area contributed by atoms with E-state index in [0.717, 1.165) is 28.4 Å². The number of carboxylic acid groups (broad SMARTS) is 1. The number of hydrogen-bond donors (Lipinski definition) is 14. The monoisotopic (exact) mass is 1580 g/mol. The van der Waals surface area contributed by atoms with Crippen LogP contribution in [0.2, 0.25) is 0 Å². The smallest absolute Gasteiger partial charge is 0.364 e. The van der Waals surface area contributed by atoms with Gasteiger partial charge < -0.3 is 111 Å². The average Bonchev–Trinajstić information content (AvgIpc) is 1.77. The van der Waals surface area contributed by atoms with Crippen molar-refractivity contribution in [2.45, 2.75) is 228 Å². The van der Waals surface area contributed by atoms with Crippen LogP contribution in [0.3, 0.4) is 0 Å². The molecule has 0 saturated carbocycles. The topological polar surface area (TPSA) is 491 Å². The van der Waals surface area contributed by atoms with Crippen molar-refractivity contribution >= 4 is 59.0 Å². The molecule has 1 aromatic carbocycles. The molecule has 105 heavy (non-hydrogen) atoms. The molecule has 6 amide bonds. The van der Waals surface area contributed by atoms with Gasteiger partial charge in [-0.3, -0.25) is 33.7 Å². The van der Waals surface area contributed by atoms with Gasteiger partial charge in [0.25, 0.3) is 11.7 Å². The van der Waals surface area contributed by atoms with Crippen molar-refractivity contribution in [1.82, 2.24) is 55.9 Å². The van der Waals surface area contributed by atoms with E-state index in [0.29, 0.717) is 37.9 Å². The summed E-state index contributed by atoms with van der Waals surface area (Å²) >= 11 is 1.46. The molecule has 2 aromatic heterocycles. The summed E-state index contributed by atoms with van der Waals surface area (Å²) in [5.74, 6) is -9.01. The number of rotatable bonds is 40. The first-order valence-electron chi connectivity index (χ1n) is 35.0. The van der Waals surface area contributed by atoms with Crippen molar-refractivity contribution in [3.05, 3.63) is 64.4 Å². The van der Waals surface area contributed by atoms with Crippen molar-refractivity contribution < 1.29 is 146 Å². The number of carboxylic acids is 1. The second-order valence-electron chi connectivity index (χ2n) is 27.7. The summed E-state index contributed by atoms with van der Waals surface area (Å²) < 4.78 is 29.5. The zero-order chi connectivity index (χ0) is 77.0. The summed E-state index contributed by atoms with van der Waals surface area (Å²) in [6.07, 6.45) is -15.6. The number of nitrogens with one attached hydrogen (secondary N) is 4. The van der Waals surface area contributed by atoms with Crippen LogP contribution in [0.5, 0.6) is 0 Å². The fourth-order valence-electron chi connectivity index (χ4n) is 13.5. The molecule has 3 aliphatic rings. The van der Waals surface area contributed by atoms with Crippen LogP contribution in [0, 0.1) is 23.7 Å². The number of aliphatic hydroxyl groups is 9. The fourth-order valence-corrected chi connectivity index (χ4v) is 14.2. The maximum atomic E-state index is 14.9. The Balaban J connectivity index is 0.0000198. The van der Waals surface area contributed by atoms with Crippen LogP contribution in [0.15, 0.2) is 53.3 Å². The maximum absolute atomic E-state index is 14.9. The zero-order valence-corrected chi connectivity index (χ0v) is 65.2. The second-order valence-corrected chi connectivity index (χ2v) is 28.7. The van der Waals surface area contributed by atoms with Crippen molar-refractivity contribution in [2.75, 3.05) is 61.2 Å². The molecule has 35 nitrogen and oxygen atoms in total. The van der Waals surface area contributed by atoms with Gasteiger partial charge in [0.05, 0.1) is 92.0 Å². The van der Waals surface area contributed by atoms with Gasteiger partial charge in [0, 0.05) is 111 Å². The number of hydrogen-bond acceptors (Lipinski definition) is 28. The number of aromatic nitrogens is 4. The van der Waals surface area contributed by atoms with Crippen LogP contribution in [0.4, 0.5) is 0 Å². The molecule has 3 saturated heterocycles. The Morgan fingerprint density at radius 1 is 0.895 bits per heavy atom. The van der Waals surface area contributed by atoms with Crippen LogP contribution in [-0.2, 0) is 114 Å². The Hall–Kier alpha value is -5.75. The molecule has 0 bridgehead atoms. The molecule has 0 spiro atoms. The third kappa shape index (κ3) is 24.4. The molecule has 22 unspecified atom stereocenters. The van der Waals surface area contributed by atoms with Crippen LogP contribution < -0.4 is 21.3 Å². The minimum Gasteiger partial charge on any atom is -0.477 e. The maximum Gasteiger partial charge on any atom is 0.364 e. The third-order valence-electron chi connectivity index (χ3n) is 19.4. The number of methoxy groups -OCH3 is 2. The Kier molecular flexibility index (Phi) is 36.2. The first kappa shape index (κ1) is 89.9. The second kappa shape index (κ2) is 42.3. The molecule has 587 valence electrons. The van der Waals surface area contributed by atoms with Gasteiger partial charge in [0.1, 0.15) is 59.9 Å². The van der Waals surface area contributed by atoms with Gasteiger partial charge in [-0.15, -0.1) is 16.4 Å². The number of carbonyl (C=O) groups is 7. The Morgan fingerprint density at radius 2 is 1.58 bits per heavy atom. The number of ether oxygens (including phenoxy) is 5. The minimum atomic E-state index is -2.69. The van der Waals surface area contributed by atoms with E-state index in [1.54, 1.807) is 59.9 Å². The molecular formula is C68H108N12O23SY. The van der Waals surface area contributed by atoms with Gasteiger partial charge in [0.15, 0.2) is 12.9 Å². The Bertz CT molecular complexity index is 3240. The fraction of sp³-hybridized carbons (Fsp3) is 0.721. The van der Waals surface area contributed by atoms with Crippen LogP contribution in [0.1, 0.15) is 110 Å². The molecule has 3 aliphatic heterocycles. The summed E-state index contributed by atoms with van der Waals surface area (Å²) in [5, 5.41) is 131. The number of likely N-dealkylation sites (N-methyl/N-ethyl adjacent to an activating group) is 2. The van der Waals surface area contributed by atoms with Crippen LogP contribution >= 0.6 is 11.3 Å². The summed E-state index contributed by atoms with van der Waals surface area (Å²) in [7, 11) is 6.19. The Morgan fingerprint density at radius 3 is 2.19 bits per heavy atom. The molecule has 5 heterocycles. The number of carbonyl (C=O) groups excluding carboxylic acids is 6. The summed E-state index contributed by atoms with van der Waals surface area (Å²) in [5.41, 5.74) is 1.35. The molecule has 22 atom stereocenters. The van der Waals surface area contributed by atoms with E-state index in [2.05, 4.69) is 41.7 Å². The summed E-state index contributed by atoms with van der Waals surface area (Å²) in [4.78, 5) is 110. The summed E-state index contributed by atoms with van der Waals surface area (Å²) in [6, 6.07) is 4.97. The average molecular weight is 1580 g/mol. The third-order valence-corrected chi connectivity index (χ3v) is 20.3. The zero-order valence-electron chi connectivity index (χ0n) is 61.5. The molecule has 37 heteroatoms. The number of oxime groups is 1. The van der Waals surface area contributed by atoms with Crippen LogP contribution in [0.25, 0.3) is 0 Å². The van der Waals surface area contributed by atoms with E-state index < -0.39 is 189 Å². The number of thiazole rings is 1. The van der Waals surface area contributed by atoms with E-state index in [1.165, 1.54) is 41.5 Å². The Labute approximate surface area is 639 Å². The van der Waals surface area contributed by atoms with Crippen molar-refractivity contribution in [3.8, 4) is 0 Å². The molecule has 1 radical (unpaired) electrons. The van der Waals surface area contributed by atoms with E-state index in [-0.39, 0.29) is 82.4 Å². The SMILES string of the molecule is CCC(C)C(C(CC(=O)N1CCCC1C(OC)C(C)C(=O)NC(Cc1ccccc1)c1nccs1)OC)N(C)C(=O)C(NC(=O)C(C(C)C)N(C)CC(O)C(O)C(O)C(O)Cn1cc(CCNC(=O)CO/N=C/C2OC(OCC3OC(O)C(O)C(O)C3O)(C(=O)O)CC(O)C2NC(C)=O)nn1)C(C)C.[Y]. The van der Waals surface area contributed by atoms with Gasteiger partial charge in [-0.25, -0.2) is 14.5 Å². The number of aliphatic carboxylic acids is 1. The van der Waals surface area contributed by atoms with Gasteiger partial charge in [-0.1, -0.05) is 95.6 Å². The molecule has 6 rings (SSSR count). The van der Waals surface area contributed by atoms with Crippen molar-refractivity contribution in [2.24, 2.45) is 28.8 Å². The molecule has 3 fully saturated rings. The van der Waals surface area contributed by atoms with Gasteiger partial charge >= 0.3 is 5.97 Å². The van der Waals surface area contributed by atoms with E-state index >= 15 is 0 Å². The van der Waals surface area contributed by atoms with Gasteiger partial charge in [-0.2, -0.15) is 0 Å². The summed E-state index contributed by atoms with van der Waals surface area (Å²) in [6.45, 7) is 12.0. The molecule has 14 N–H and O–H groups in total. The van der Waals surface area contributed by atoms with Crippen molar-refractivity contribution in [1.29, 1.82) is 0 Å². The number of benzene rings is 1. The quantitative estimate of drug-likeness (QED) is 0.0202. The number of aliphatic hydroxyl groups excluding tert-OH is 9. The standard InChI is InChI=1S/C68H108N12O23S.Y/c1-13-37(6)55(47(98-11)27-51(86)80-24-17-20-43(80)61(99-12)38(7)62(92)73-42(64-70-23-25-104-64)26-40-18-15-14-16-19-40)78(10)65(94)52(35(2)3)74-63(93)54(36(4)5)77(9)31-45(83)56(87)57(88)46(84)32-79-30-41(75-76-79)21-22-69-50(85)34-101-71-29-48-53(72-39(8)81)44(82)28-68(103-48,67(96)97)100-33-49-58(89)59(90)60(91)66(95)102-49;/h14-16,18-19,23,25,29-30,35-38,42-49,52-61,66,82-84,87-91,95H,13,17,20-22,24,26-28,31-34H2,1-12H3,(H,69,85)(H,72,81)(H,73,92)(H,74,93)(H,96,97);/b71-29+;. The number of amides is 6. The molecule has 3 aromatic rings. The van der Waals surface area contributed by atoms with E-state index in [1.807, 2.05) is 49.6 Å². The molecular weight excluding hydrogens is 1470 g/mol. The van der Waals surface area contributed by atoms with Crippen molar-refractivity contribution in [3.63, 3.8) is 0 Å². The predicted octanol–water partition coefficient (Wildman–Crippen LogP) is -2.79. The number of nitrogens with zero attached hydrogens (tertiary/aromatic N) is 8. The normalized spacial score (nSPS) is 25.5. The first-order valence-corrected chi connectivity index (χ1v) is 35.8. The minimum absolute atomic E-state index is 0. The number of likely N-dealkylation sites (tertiary alicyclic amines) is 1. The first-order chi connectivity index (χ1) is 49.2. The predicted molar refractivity (Wildman–Crippen MR) is 371 cm³/mol. The van der Waals surface area contributed by atoms with Gasteiger partial charge in [-0.05, 0) is 49.6 Å². The molecule has 0 aliphatic carbocycles.